The number of hydrogen-bond acceptors (Lipinski definition) is 8. The lowest BCUT2D eigenvalue weighted by Crippen LogP contribution is -2.36. The average molecular weight is 613 g/mol. The summed E-state index contributed by atoms with van der Waals surface area (Å²) in [7, 11) is 4.64. The topological polar surface area (TPSA) is 103 Å². The maximum Gasteiger partial charge on any atom is 0.337 e. The van der Waals surface area contributed by atoms with Crippen LogP contribution in [0.25, 0.3) is 0 Å². The Morgan fingerprint density at radius 3 is 2.30 bits per heavy atom. The van der Waals surface area contributed by atoms with Crippen molar-refractivity contribution >= 4 is 27.7 Å². The van der Waals surface area contributed by atoms with Gasteiger partial charge in [0, 0.05) is 29.3 Å². The third kappa shape index (κ3) is 5.19. The zero-order chi connectivity index (χ0) is 28.6. The molecule has 8 nitrogen and oxygen atoms in total. The fourth-order valence-electron chi connectivity index (χ4n) is 6.12. The van der Waals surface area contributed by atoms with Crippen molar-refractivity contribution < 1.29 is 33.6 Å². The molecule has 9 heteroatoms. The van der Waals surface area contributed by atoms with Crippen LogP contribution in [0.1, 0.15) is 68.4 Å². The predicted molar refractivity (Wildman–Crippen MR) is 153 cm³/mol. The monoisotopic (exact) mass is 611 g/mol. The van der Waals surface area contributed by atoms with Crippen molar-refractivity contribution in [2.75, 3.05) is 21.3 Å². The zero-order valence-corrected chi connectivity index (χ0v) is 24.7. The van der Waals surface area contributed by atoms with Crippen LogP contribution in [0.4, 0.5) is 0 Å². The minimum absolute atomic E-state index is 0.0475. The van der Waals surface area contributed by atoms with Gasteiger partial charge in [0.1, 0.15) is 6.10 Å². The van der Waals surface area contributed by atoms with Crippen molar-refractivity contribution in [2.24, 2.45) is 0 Å². The van der Waals surface area contributed by atoms with Crippen LogP contribution in [0.3, 0.4) is 0 Å². The first kappa shape index (κ1) is 28.1. The maximum absolute atomic E-state index is 14.0. The third-order valence-corrected chi connectivity index (χ3v) is 8.71. The first-order valence-corrected chi connectivity index (χ1v) is 14.3. The highest BCUT2D eigenvalue weighted by atomic mass is 79.9. The third-order valence-electron chi connectivity index (χ3n) is 8.11. The molecule has 1 fully saturated rings. The molecule has 5 rings (SSSR count). The molecule has 1 heterocycles. The van der Waals surface area contributed by atoms with E-state index in [1.54, 1.807) is 26.4 Å². The number of carbonyl (C=O) groups is 2. The van der Waals surface area contributed by atoms with Crippen molar-refractivity contribution in [3.8, 4) is 23.0 Å². The Morgan fingerprint density at radius 2 is 1.62 bits per heavy atom. The van der Waals surface area contributed by atoms with Gasteiger partial charge < -0.3 is 29.4 Å². The van der Waals surface area contributed by atoms with Gasteiger partial charge in [0.15, 0.2) is 28.8 Å². The molecule has 1 aliphatic heterocycles. The number of rotatable bonds is 7. The normalized spacial score (nSPS) is 21.2. The Hall–Kier alpha value is -3.46. The molecule has 3 aliphatic rings. The molecule has 40 heavy (non-hydrogen) atoms. The Morgan fingerprint density at radius 1 is 0.950 bits per heavy atom. The summed E-state index contributed by atoms with van der Waals surface area (Å²) in [5, 5.41) is 13.9. The van der Waals surface area contributed by atoms with E-state index in [-0.39, 0.29) is 35.7 Å². The van der Waals surface area contributed by atoms with Crippen LogP contribution in [-0.4, -0.2) is 44.3 Å². The van der Waals surface area contributed by atoms with E-state index in [4.69, 9.17) is 18.9 Å². The standard InChI is InChI=1S/C31H34BrNO7/c1-16-27(31(36)40-20-7-5-6-8-20)28(19-11-21(32)30(35)26(15-19)39-4)29-22(33-16)12-18(13-23(29)34)17-9-10-24(37-2)25(14-17)38-3/h9-11,14-15,18,20,28,33,35H,5-8,12-13H2,1-4H3/t18-,28-/m0/s1. The Labute approximate surface area is 242 Å². The summed E-state index contributed by atoms with van der Waals surface area (Å²) < 4.78 is 22.7. The van der Waals surface area contributed by atoms with Gasteiger partial charge in [-0.3, -0.25) is 4.79 Å². The van der Waals surface area contributed by atoms with Gasteiger partial charge >= 0.3 is 5.97 Å². The van der Waals surface area contributed by atoms with E-state index in [1.165, 1.54) is 7.11 Å². The average Bonchev–Trinajstić information content (AvgIpc) is 3.46. The molecular weight excluding hydrogens is 578 g/mol. The number of methoxy groups -OCH3 is 3. The molecule has 2 aromatic rings. The molecule has 0 amide bonds. The molecule has 0 spiro atoms. The lowest BCUT2D eigenvalue weighted by molar-refractivity contribution is -0.144. The number of allylic oxidation sites excluding steroid dienone is 3. The second kappa shape index (κ2) is 11.6. The van der Waals surface area contributed by atoms with Crippen molar-refractivity contribution in [2.45, 2.75) is 63.4 Å². The van der Waals surface area contributed by atoms with Crippen LogP contribution in [0.15, 0.2) is 57.3 Å². The molecule has 2 N–H and O–H groups in total. The first-order valence-electron chi connectivity index (χ1n) is 13.5. The van der Waals surface area contributed by atoms with Gasteiger partial charge in [-0.15, -0.1) is 0 Å². The molecular formula is C31H34BrNO7. The summed E-state index contributed by atoms with van der Waals surface area (Å²) in [5.74, 6) is 0.198. The fraction of sp³-hybridized carbons (Fsp3) is 0.419. The summed E-state index contributed by atoms with van der Waals surface area (Å²) >= 11 is 3.42. The van der Waals surface area contributed by atoms with E-state index in [2.05, 4.69) is 21.2 Å². The highest BCUT2D eigenvalue weighted by Gasteiger charge is 2.42. The number of phenols is 1. The van der Waals surface area contributed by atoms with Gasteiger partial charge in [0.25, 0.3) is 0 Å². The number of esters is 1. The molecule has 0 unspecified atom stereocenters. The van der Waals surface area contributed by atoms with Crippen LogP contribution >= 0.6 is 15.9 Å². The molecule has 0 bridgehead atoms. The number of phenolic OH excluding ortho intramolecular Hbond substituents is 1. The molecule has 2 aromatic carbocycles. The number of aromatic hydroxyl groups is 1. The second-order valence-corrected chi connectivity index (χ2v) is 11.4. The van der Waals surface area contributed by atoms with Gasteiger partial charge in [0.05, 0.1) is 31.4 Å². The Balaban J connectivity index is 1.58. The van der Waals surface area contributed by atoms with Crippen molar-refractivity contribution in [1.82, 2.24) is 5.32 Å². The minimum Gasteiger partial charge on any atom is -0.503 e. The van der Waals surface area contributed by atoms with Crippen LogP contribution in [0.2, 0.25) is 0 Å². The minimum atomic E-state index is -0.671. The number of ketones is 1. The SMILES string of the molecule is COc1ccc([C@@H]2CC(=O)C3=C(C2)NC(C)=C(C(=O)OC2CCCC2)[C@@H]3c2cc(Br)c(O)c(OC)c2)cc1OC. The second-order valence-electron chi connectivity index (χ2n) is 10.5. The quantitative estimate of drug-likeness (QED) is 0.366. The molecule has 0 saturated heterocycles. The number of nitrogens with one attached hydrogen (secondary N) is 1. The van der Waals surface area contributed by atoms with Crippen LogP contribution in [0, 0.1) is 0 Å². The van der Waals surface area contributed by atoms with E-state index in [1.807, 2.05) is 25.1 Å². The van der Waals surface area contributed by atoms with Gasteiger partial charge in [0.2, 0.25) is 0 Å². The Kier molecular flexibility index (Phi) is 8.12. The maximum atomic E-state index is 14.0. The molecule has 0 aromatic heterocycles. The van der Waals surface area contributed by atoms with E-state index in [9.17, 15) is 14.7 Å². The lowest BCUT2D eigenvalue weighted by atomic mass is 9.71. The summed E-state index contributed by atoms with van der Waals surface area (Å²) in [6.45, 7) is 1.85. The van der Waals surface area contributed by atoms with Crippen molar-refractivity contribution in [3.05, 3.63) is 68.5 Å². The summed E-state index contributed by atoms with van der Waals surface area (Å²) in [5.41, 5.74) is 4.00. The predicted octanol–water partition coefficient (Wildman–Crippen LogP) is 6.03. The van der Waals surface area contributed by atoms with Crippen molar-refractivity contribution in [3.63, 3.8) is 0 Å². The number of hydrogen-bond donors (Lipinski definition) is 2. The van der Waals surface area contributed by atoms with E-state index < -0.39 is 11.9 Å². The van der Waals surface area contributed by atoms with Crippen LogP contribution in [-0.2, 0) is 14.3 Å². The van der Waals surface area contributed by atoms with Gasteiger partial charge in [-0.25, -0.2) is 4.79 Å². The number of carbonyl (C=O) groups excluding carboxylic acids is 2. The number of benzene rings is 2. The molecule has 2 aliphatic carbocycles. The number of halogens is 1. The van der Waals surface area contributed by atoms with E-state index in [0.717, 1.165) is 36.9 Å². The highest BCUT2D eigenvalue weighted by Crippen LogP contribution is 2.49. The smallest absolute Gasteiger partial charge is 0.337 e. The number of Topliss-reactive ketones (excluding diaryl/α,β-unsaturated/α-hetero) is 1. The lowest BCUT2D eigenvalue weighted by Gasteiger charge is -2.37. The number of dihydropyridines is 1. The van der Waals surface area contributed by atoms with Gasteiger partial charge in [-0.05, 0) is 96.3 Å². The molecule has 1 saturated carbocycles. The molecule has 2 atom stereocenters. The Bertz CT molecular complexity index is 1410. The largest absolute Gasteiger partial charge is 0.503 e. The van der Waals surface area contributed by atoms with E-state index >= 15 is 0 Å². The fourth-order valence-corrected chi connectivity index (χ4v) is 6.58. The summed E-state index contributed by atoms with van der Waals surface area (Å²) in [6.07, 6.45) is 4.47. The van der Waals surface area contributed by atoms with Gasteiger partial charge in [-0.1, -0.05) is 6.07 Å². The van der Waals surface area contributed by atoms with Crippen LogP contribution < -0.4 is 19.5 Å². The van der Waals surface area contributed by atoms with Crippen LogP contribution in [0.5, 0.6) is 23.0 Å². The zero-order valence-electron chi connectivity index (χ0n) is 23.1. The first-order chi connectivity index (χ1) is 19.2. The van der Waals surface area contributed by atoms with Gasteiger partial charge in [-0.2, -0.15) is 0 Å². The summed E-state index contributed by atoms with van der Waals surface area (Å²) in [6, 6.07) is 9.15. The summed E-state index contributed by atoms with van der Waals surface area (Å²) in [4.78, 5) is 27.7. The van der Waals surface area contributed by atoms with E-state index in [0.29, 0.717) is 44.8 Å². The van der Waals surface area contributed by atoms with Crippen molar-refractivity contribution in [1.29, 1.82) is 0 Å². The number of ether oxygens (including phenoxy) is 4. The highest BCUT2D eigenvalue weighted by molar-refractivity contribution is 9.10. The molecule has 0 radical (unpaired) electrons. The molecule has 212 valence electrons.